The van der Waals surface area contributed by atoms with Gasteiger partial charge in [-0.1, -0.05) is 15.9 Å². The molecule has 0 aromatic heterocycles. The van der Waals surface area contributed by atoms with Crippen molar-refractivity contribution in [3.05, 3.63) is 27.1 Å². The third kappa shape index (κ3) is 4.54. The number of nitrogens with one attached hydrogen (secondary N) is 1. The quantitative estimate of drug-likeness (QED) is 0.616. The van der Waals surface area contributed by atoms with Gasteiger partial charge in [0.1, 0.15) is 6.04 Å². The number of halogens is 2. The lowest BCUT2D eigenvalue weighted by atomic mass is 10.2. The predicted molar refractivity (Wildman–Crippen MR) is 77.4 cm³/mol. The molecule has 0 aliphatic carbocycles. The van der Waals surface area contributed by atoms with Gasteiger partial charge < -0.3 is 10.8 Å². The van der Waals surface area contributed by atoms with Crippen LogP contribution >= 0.6 is 31.9 Å². The zero-order chi connectivity index (χ0) is 15.5. The van der Waals surface area contributed by atoms with E-state index >= 15 is 0 Å². The largest absolute Gasteiger partial charge is 0.480 e. The van der Waals surface area contributed by atoms with Crippen molar-refractivity contribution < 1.29 is 23.1 Å². The van der Waals surface area contributed by atoms with Gasteiger partial charge >= 0.3 is 5.97 Å². The van der Waals surface area contributed by atoms with Crippen LogP contribution in [0, 0.1) is 0 Å². The fraction of sp³-hybridized carbons (Fsp3) is 0.200. The van der Waals surface area contributed by atoms with Crippen LogP contribution < -0.4 is 10.5 Å². The first-order valence-corrected chi connectivity index (χ1v) is 8.19. The fourth-order valence-corrected chi connectivity index (χ4v) is 4.01. The number of rotatable bonds is 6. The Balaban J connectivity index is 3.12. The van der Waals surface area contributed by atoms with Gasteiger partial charge in [-0.2, -0.15) is 4.72 Å². The Kier molecular flexibility index (Phi) is 5.68. The Morgan fingerprint density at radius 2 is 1.95 bits per heavy atom. The fourth-order valence-electron chi connectivity index (χ4n) is 1.31. The van der Waals surface area contributed by atoms with Gasteiger partial charge in [0.2, 0.25) is 15.9 Å². The van der Waals surface area contributed by atoms with Crippen molar-refractivity contribution >= 4 is 53.8 Å². The number of carboxylic acid groups (broad SMARTS) is 1. The highest BCUT2D eigenvalue weighted by Gasteiger charge is 2.28. The SMILES string of the molecule is NC(=O)C[C@@H](NS(=O)(=O)c1cc(Br)ccc1Br)C(=O)O. The number of hydrogen-bond acceptors (Lipinski definition) is 4. The third-order valence-corrected chi connectivity index (χ3v) is 5.14. The second-order valence-electron chi connectivity index (χ2n) is 3.76. The van der Waals surface area contributed by atoms with Gasteiger partial charge in [0, 0.05) is 8.95 Å². The molecule has 0 aliphatic heterocycles. The standard InChI is InChI=1S/C10H10Br2N2O5S/c11-5-1-2-6(12)8(3-5)20(18,19)14-7(10(16)17)4-9(13)15/h1-3,7,14H,4H2,(H2,13,15)(H,16,17)/t7-/m1/s1. The summed E-state index contributed by atoms with van der Waals surface area (Å²) in [4.78, 5) is 21.6. The summed E-state index contributed by atoms with van der Waals surface area (Å²) in [6, 6.07) is 2.78. The van der Waals surface area contributed by atoms with Crippen LogP contribution in [-0.4, -0.2) is 31.4 Å². The number of carbonyl (C=O) groups is 2. The molecule has 0 bridgehead atoms. The van der Waals surface area contributed by atoms with E-state index in [1.807, 2.05) is 4.72 Å². The minimum Gasteiger partial charge on any atom is -0.480 e. The van der Waals surface area contributed by atoms with Crippen LogP contribution in [0.25, 0.3) is 0 Å². The zero-order valence-corrected chi connectivity index (χ0v) is 13.8. The average molecular weight is 430 g/mol. The molecule has 1 aromatic carbocycles. The van der Waals surface area contributed by atoms with Gasteiger partial charge in [-0.05, 0) is 34.1 Å². The van der Waals surface area contributed by atoms with Crippen LogP contribution in [0.1, 0.15) is 6.42 Å². The summed E-state index contributed by atoms with van der Waals surface area (Å²) >= 11 is 6.19. The van der Waals surface area contributed by atoms with Crippen molar-refractivity contribution in [3.63, 3.8) is 0 Å². The monoisotopic (exact) mass is 428 g/mol. The van der Waals surface area contributed by atoms with Crippen LogP contribution in [0.2, 0.25) is 0 Å². The van der Waals surface area contributed by atoms with E-state index in [0.717, 1.165) is 0 Å². The number of carboxylic acids is 1. The van der Waals surface area contributed by atoms with E-state index in [1.165, 1.54) is 12.1 Å². The summed E-state index contributed by atoms with van der Waals surface area (Å²) in [6.07, 6.45) is -0.639. The third-order valence-electron chi connectivity index (χ3n) is 2.18. The molecule has 0 heterocycles. The number of nitrogens with two attached hydrogens (primary N) is 1. The molecule has 110 valence electrons. The molecule has 0 saturated carbocycles. The Labute approximate surface area is 131 Å². The van der Waals surface area contributed by atoms with Gasteiger partial charge in [-0.15, -0.1) is 0 Å². The van der Waals surface area contributed by atoms with Crippen molar-refractivity contribution in [2.24, 2.45) is 5.73 Å². The maximum atomic E-state index is 12.1. The second-order valence-corrected chi connectivity index (χ2v) is 7.21. The average Bonchev–Trinajstić information content (AvgIpc) is 2.30. The molecule has 0 aliphatic rings. The van der Waals surface area contributed by atoms with E-state index < -0.39 is 34.4 Å². The van der Waals surface area contributed by atoms with Crippen LogP contribution in [-0.2, 0) is 19.6 Å². The summed E-state index contributed by atoms with van der Waals surface area (Å²) in [5, 5.41) is 8.90. The number of amides is 1. The summed E-state index contributed by atoms with van der Waals surface area (Å²) in [5.74, 6) is -2.41. The first kappa shape index (κ1) is 17.1. The van der Waals surface area contributed by atoms with Gasteiger partial charge in [0.05, 0.1) is 11.3 Å². The Bertz CT molecular complexity index is 647. The molecule has 7 nitrogen and oxygen atoms in total. The molecule has 4 N–H and O–H groups in total. The molecule has 1 atom stereocenters. The molecule has 0 saturated heterocycles. The van der Waals surface area contributed by atoms with E-state index in [-0.39, 0.29) is 9.37 Å². The van der Waals surface area contributed by atoms with Gasteiger partial charge in [-0.25, -0.2) is 8.42 Å². The van der Waals surface area contributed by atoms with Crippen molar-refractivity contribution in [1.29, 1.82) is 0 Å². The van der Waals surface area contributed by atoms with Gasteiger partial charge in [-0.3, -0.25) is 9.59 Å². The van der Waals surface area contributed by atoms with E-state index in [1.54, 1.807) is 6.07 Å². The van der Waals surface area contributed by atoms with Crippen LogP contribution in [0.4, 0.5) is 0 Å². The molecule has 0 fully saturated rings. The van der Waals surface area contributed by atoms with E-state index in [0.29, 0.717) is 4.47 Å². The number of sulfonamides is 1. The van der Waals surface area contributed by atoms with E-state index in [2.05, 4.69) is 31.9 Å². The number of primary amides is 1. The van der Waals surface area contributed by atoms with Crippen molar-refractivity contribution in [2.75, 3.05) is 0 Å². The molecule has 0 unspecified atom stereocenters. The first-order valence-electron chi connectivity index (χ1n) is 5.12. The molecule has 1 rings (SSSR count). The Morgan fingerprint density at radius 3 is 2.45 bits per heavy atom. The highest BCUT2D eigenvalue weighted by molar-refractivity contribution is 9.11. The molecule has 20 heavy (non-hydrogen) atoms. The Hall–Kier alpha value is -0.970. The minimum atomic E-state index is -4.12. The Morgan fingerprint density at radius 1 is 1.35 bits per heavy atom. The molecule has 0 radical (unpaired) electrons. The lowest BCUT2D eigenvalue weighted by Crippen LogP contribution is -2.43. The van der Waals surface area contributed by atoms with Gasteiger partial charge in [0.15, 0.2) is 0 Å². The predicted octanol–water partition coefficient (Wildman–Crippen LogP) is 0.818. The number of aliphatic carboxylic acids is 1. The molecular formula is C10H10Br2N2O5S. The van der Waals surface area contributed by atoms with E-state index in [4.69, 9.17) is 10.8 Å². The van der Waals surface area contributed by atoms with Crippen molar-refractivity contribution in [2.45, 2.75) is 17.4 Å². The normalized spacial score (nSPS) is 12.9. The molecule has 1 aromatic rings. The molecule has 0 spiro atoms. The van der Waals surface area contributed by atoms with Crippen LogP contribution in [0.3, 0.4) is 0 Å². The summed E-state index contributed by atoms with van der Waals surface area (Å²) < 4.78 is 26.9. The first-order chi connectivity index (χ1) is 9.13. The number of hydrogen-bond donors (Lipinski definition) is 3. The smallest absolute Gasteiger partial charge is 0.322 e. The highest BCUT2D eigenvalue weighted by Crippen LogP contribution is 2.25. The molecule has 1 amide bonds. The summed E-state index contributed by atoms with van der Waals surface area (Å²) in [6.45, 7) is 0. The molecular weight excluding hydrogens is 420 g/mol. The number of carbonyl (C=O) groups excluding carboxylic acids is 1. The van der Waals surface area contributed by atoms with Crippen LogP contribution in [0.15, 0.2) is 32.0 Å². The zero-order valence-electron chi connectivity index (χ0n) is 9.84. The maximum absolute atomic E-state index is 12.1. The van der Waals surface area contributed by atoms with Crippen LogP contribution in [0.5, 0.6) is 0 Å². The lowest BCUT2D eigenvalue weighted by Gasteiger charge is -2.14. The van der Waals surface area contributed by atoms with Crippen molar-refractivity contribution in [1.82, 2.24) is 4.72 Å². The maximum Gasteiger partial charge on any atom is 0.322 e. The summed E-state index contributed by atoms with van der Waals surface area (Å²) in [7, 11) is -4.12. The minimum absolute atomic E-state index is 0.150. The van der Waals surface area contributed by atoms with Gasteiger partial charge in [0.25, 0.3) is 0 Å². The van der Waals surface area contributed by atoms with Crippen molar-refractivity contribution in [3.8, 4) is 0 Å². The van der Waals surface area contributed by atoms with E-state index in [9.17, 15) is 18.0 Å². The summed E-state index contributed by atoms with van der Waals surface area (Å²) in [5.41, 5.74) is 4.89. The topological polar surface area (TPSA) is 127 Å². The second kappa shape index (κ2) is 6.66. The number of benzene rings is 1. The lowest BCUT2D eigenvalue weighted by molar-refractivity contribution is -0.140. The highest BCUT2D eigenvalue weighted by atomic mass is 79.9. The molecule has 10 heteroatoms.